The molecule has 5 rings (SSSR count). The van der Waals surface area contributed by atoms with Crippen LogP contribution >= 0.6 is 0 Å². The molecule has 34 heavy (non-hydrogen) atoms. The molecule has 0 radical (unpaired) electrons. The molecule has 2 amide bonds. The lowest BCUT2D eigenvalue weighted by molar-refractivity contribution is -0.142. The molecule has 1 saturated heterocycles. The number of amides is 2. The Kier molecular flexibility index (Phi) is 5.89. The topological polar surface area (TPSA) is 109 Å². The van der Waals surface area contributed by atoms with Crippen LogP contribution < -0.4 is 10.9 Å². The van der Waals surface area contributed by atoms with Crippen molar-refractivity contribution in [3.63, 3.8) is 0 Å². The standard InChI is InChI=1S/C25H31N5O4/c1-3-4-15-7-8-20-21-18(12-29(20)24(15)33)19(13-31)22(30(21)25(34)16-5-6-16)23(32)26-10-9-17-11-28(2)14-27-17/h3-4,7-8,11,14,16,18-19,21-22,31H,5-6,9-10,12-13H2,1-2H3,(H,26,32)/b4-3-/t18-,19-,21+,22-/m0/s1. The summed E-state index contributed by atoms with van der Waals surface area (Å²) in [5.41, 5.74) is 2.12. The Balaban J connectivity index is 1.44. The Labute approximate surface area is 198 Å². The van der Waals surface area contributed by atoms with Crippen LogP contribution in [0.15, 0.2) is 35.5 Å². The number of fused-ring (bicyclic) bond motifs is 3. The van der Waals surface area contributed by atoms with E-state index in [4.69, 9.17) is 0 Å². The first-order valence-corrected chi connectivity index (χ1v) is 12.0. The molecule has 180 valence electrons. The van der Waals surface area contributed by atoms with Crippen molar-refractivity contribution in [1.29, 1.82) is 0 Å². The maximum Gasteiger partial charge on any atom is 0.258 e. The number of carbonyl (C=O) groups excluding carboxylic acids is 2. The zero-order valence-electron chi connectivity index (χ0n) is 19.6. The van der Waals surface area contributed by atoms with Gasteiger partial charge in [-0.1, -0.05) is 12.2 Å². The average molecular weight is 466 g/mol. The van der Waals surface area contributed by atoms with Gasteiger partial charge < -0.3 is 24.5 Å². The van der Waals surface area contributed by atoms with E-state index in [1.54, 1.807) is 27.9 Å². The van der Waals surface area contributed by atoms with E-state index < -0.39 is 12.0 Å². The van der Waals surface area contributed by atoms with Gasteiger partial charge in [0.2, 0.25) is 11.8 Å². The SMILES string of the molecule is C/C=C\c1ccc2n(c1=O)C[C@H]1[C@H](CO)[C@@H](C(=O)NCCc3cn(C)cn3)N(C(=O)C3CC3)[C@@H]21. The minimum Gasteiger partial charge on any atom is -0.396 e. The van der Waals surface area contributed by atoms with Crippen molar-refractivity contribution in [3.8, 4) is 0 Å². The van der Waals surface area contributed by atoms with Gasteiger partial charge in [0.05, 0.1) is 18.1 Å². The summed E-state index contributed by atoms with van der Waals surface area (Å²) >= 11 is 0. The first-order valence-electron chi connectivity index (χ1n) is 12.0. The molecular weight excluding hydrogens is 434 g/mol. The average Bonchev–Trinajstić information content (AvgIpc) is 3.37. The molecule has 2 aromatic heterocycles. The summed E-state index contributed by atoms with van der Waals surface area (Å²) in [6.07, 6.45) is 9.44. The van der Waals surface area contributed by atoms with Gasteiger partial charge in [-0.2, -0.15) is 0 Å². The fourth-order valence-corrected chi connectivity index (χ4v) is 5.61. The third-order valence-corrected chi connectivity index (χ3v) is 7.34. The fraction of sp³-hybridized carbons (Fsp3) is 0.520. The largest absolute Gasteiger partial charge is 0.396 e. The number of rotatable bonds is 7. The van der Waals surface area contributed by atoms with Crippen molar-refractivity contribution in [2.24, 2.45) is 24.8 Å². The molecule has 0 bridgehead atoms. The van der Waals surface area contributed by atoms with Crippen LogP contribution in [0.3, 0.4) is 0 Å². The van der Waals surface area contributed by atoms with Crippen LogP contribution in [0.1, 0.15) is 42.8 Å². The molecule has 2 aliphatic heterocycles. The van der Waals surface area contributed by atoms with E-state index in [1.165, 1.54) is 0 Å². The van der Waals surface area contributed by atoms with Gasteiger partial charge in [-0.3, -0.25) is 14.4 Å². The normalized spacial score (nSPS) is 25.6. The second-order valence-electron chi connectivity index (χ2n) is 9.62. The molecule has 2 fully saturated rings. The molecule has 1 aliphatic carbocycles. The highest BCUT2D eigenvalue weighted by Gasteiger charge is 2.58. The summed E-state index contributed by atoms with van der Waals surface area (Å²) in [7, 11) is 1.89. The number of aliphatic hydroxyl groups is 1. The molecule has 1 saturated carbocycles. The Hall–Kier alpha value is -3.20. The number of aromatic nitrogens is 3. The molecular formula is C25H31N5O4. The maximum atomic E-state index is 13.4. The number of aryl methyl sites for hydroxylation is 1. The van der Waals surface area contributed by atoms with E-state index >= 15 is 0 Å². The predicted octanol–water partition coefficient (Wildman–Crippen LogP) is 0.874. The number of likely N-dealkylation sites (tertiary alicyclic amines) is 1. The Morgan fingerprint density at radius 3 is 2.74 bits per heavy atom. The van der Waals surface area contributed by atoms with Gasteiger partial charge >= 0.3 is 0 Å². The van der Waals surface area contributed by atoms with Crippen molar-refractivity contribution >= 4 is 17.9 Å². The number of hydrogen-bond donors (Lipinski definition) is 2. The summed E-state index contributed by atoms with van der Waals surface area (Å²) in [6.45, 7) is 2.43. The van der Waals surface area contributed by atoms with Crippen LogP contribution in [0.25, 0.3) is 6.08 Å². The van der Waals surface area contributed by atoms with Crippen LogP contribution in [0.5, 0.6) is 0 Å². The van der Waals surface area contributed by atoms with E-state index in [2.05, 4.69) is 10.3 Å². The molecule has 9 heteroatoms. The van der Waals surface area contributed by atoms with Gasteiger partial charge in [0.1, 0.15) is 6.04 Å². The maximum absolute atomic E-state index is 13.4. The summed E-state index contributed by atoms with van der Waals surface area (Å²) in [5.74, 6) is -1.00. The number of nitrogens with one attached hydrogen (secondary N) is 1. The first-order chi connectivity index (χ1) is 16.4. The Morgan fingerprint density at radius 1 is 1.29 bits per heavy atom. The number of hydrogen-bond acceptors (Lipinski definition) is 5. The van der Waals surface area contributed by atoms with E-state index in [1.807, 2.05) is 36.9 Å². The summed E-state index contributed by atoms with van der Waals surface area (Å²) < 4.78 is 3.57. The zero-order valence-corrected chi connectivity index (χ0v) is 19.6. The lowest BCUT2D eigenvalue weighted by atomic mass is 9.88. The lowest BCUT2D eigenvalue weighted by Crippen LogP contribution is -2.51. The van der Waals surface area contributed by atoms with E-state index in [0.717, 1.165) is 24.2 Å². The third kappa shape index (κ3) is 3.77. The smallest absolute Gasteiger partial charge is 0.258 e. The zero-order chi connectivity index (χ0) is 24.0. The molecule has 0 aromatic carbocycles. The highest BCUT2D eigenvalue weighted by molar-refractivity contribution is 5.91. The van der Waals surface area contributed by atoms with Gasteiger partial charge in [-0.05, 0) is 31.9 Å². The molecule has 9 nitrogen and oxygen atoms in total. The quantitative estimate of drug-likeness (QED) is 0.631. The molecule has 2 aromatic rings. The monoisotopic (exact) mass is 465 g/mol. The number of imidazole rings is 1. The minimum absolute atomic E-state index is 0.0470. The predicted molar refractivity (Wildman–Crippen MR) is 125 cm³/mol. The highest BCUT2D eigenvalue weighted by Crippen LogP contribution is 2.51. The molecule has 4 atom stereocenters. The van der Waals surface area contributed by atoms with Crippen LogP contribution in [0.2, 0.25) is 0 Å². The van der Waals surface area contributed by atoms with Crippen molar-refractivity contribution in [3.05, 3.63) is 58.0 Å². The molecule has 4 heterocycles. The number of pyridine rings is 1. The fourth-order valence-electron chi connectivity index (χ4n) is 5.61. The molecule has 0 spiro atoms. The van der Waals surface area contributed by atoms with Gasteiger partial charge in [-0.15, -0.1) is 0 Å². The summed E-state index contributed by atoms with van der Waals surface area (Å²) in [4.78, 5) is 45.9. The number of nitrogens with zero attached hydrogens (tertiary/aromatic N) is 4. The minimum atomic E-state index is -0.754. The molecule has 3 aliphatic rings. The van der Waals surface area contributed by atoms with E-state index in [-0.39, 0.29) is 41.9 Å². The van der Waals surface area contributed by atoms with Crippen molar-refractivity contribution in [2.45, 2.75) is 44.8 Å². The highest BCUT2D eigenvalue weighted by atomic mass is 16.3. The van der Waals surface area contributed by atoms with Gasteiger partial charge in [0.15, 0.2) is 0 Å². The lowest BCUT2D eigenvalue weighted by Gasteiger charge is -2.31. The Bertz CT molecular complexity index is 1190. The van der Waals surface area contributed by atoms with Gasteiger partial charge in [0.25, 0.3) is 5.56 Å². The summed E-state index contributed by atoms with van der Waals surface area (Å²) in [6, 6.07) is 2.54. The van der Waals surface area contributed by atoms with E-state index in [9.17, 15) is 19.5 Å². The van der Waals surface area contributed by atoms with E-state index in [0.29, 0.717) is 25.1 Å². The van der Waals surface area contributed by atoms with Crippen LogP contribution in [-0.4, -0.2) is 55.1 Å². The van der Waals surface area contributed by atoms with Crippen LogP contribution in [0, 0.1) is 17.8 Å². The second-order valence-corrected chi connectivity index (χ2v) is 9.62. The second kappa shape index (κ2) is 8.87. The molecule has 0 unspecified atom stereocenters. The number of allylic oxidation sites excluding steroid dienone is 1. The van der Waals surface area contributed by atoms with Gasteiger partial charge in [0, 0.05) is 68.4 Å². The Morgan fingerprint density at radius 2 is 2.09 bits per heavy atom. The van der Waals surface area contributed by atoms with Gasteiger partial charge in [-0.25, -0.2) is 4.98 Å². The molecule has 2 N–H and O–H groups in total. The van der Waals surface area contributed by atoms with Crippen molar-refractivity contribution < 1.29 is 14.7 Å². The summed E-state index contributed by atoms with van der Waals surface area (Å²) in [5, 5.41) is 13.3. The third-order valence-electron chi connectivity index (χ3n) is 7.34. The van der Waals surface area contributed by atoms with Crippen LogP contribution in [0.4, 0.5) is 0 Å². The first kappa shape index (κ1) is 22.6. The van der Waals surface area contributed by atoms with Crippen molar-refractivity contribution in [1.82, 2.24) is 24.3 Å². The van der Waals surface area contributed by atoms with Crippen LogP contribution in [-0.2, 0) is 29.6 Å². The number of aliphatic hydroxyl groups excluding tert-OH is 1. The number of carbonyl (C=O) groups is 2. The van der Waals surface area contributed by atoms with Crippen molar-refractivity contribution in [2.75, 3.05) is 13.2 Å².